The molecule has 25 heavy (non-hydrogen) atoms. The van der Waals surface area contributed by atoms with E-state index in [2.05, 4.69) is 51.4 Å². The molecule has 0 spiro atoms. The Morgan fingerprint density at radius 1 is 1.12 bits per heavy atom. The first-order chi connectivity index (χ1) is 11.9. The van der Waals surface area contributed by atoms with Crippen molar-refractivity contribution in [3.63, 3.8) is 0 Å². The van der Waals surface area contributed by atoms with Gasteiger partial charge in [0.25, 0.3) is 0 Å². The van der Waals surface area contributed by atoms with Crippen LogP contribution in [0.4, 0.5) is 0 Å². The fourth-order valence-corrected chi connectivity index (χ4v) is 3.64. The molecule has 0 unspecified atom stereocenters. The molecule has 2 heterocycles. The summed E-state index contributed by atoms with van der Waals surface area (Å²) in [4.78, 5) is 23.1. The highest BCUT2D eigenvalue weighted by molar-refractivity contribution is 5.73. The summed E-state index contributed by atoms with van der Waals surface area (Å²) in [5.74, 6) is 1.16. The van der Waals surface area contributed by atoms with E-state index in [1.54, 1.807) is 6.92 Å². The second-order valence-electron chi connectivity index (χ2n) is 7.09. The van der Waals surface area contributed by atoms with Gasteiger partial charge in [-0.2, -0.15) is 0 Å². The molecule has 0 radical (unpaired) electrons. The molecule has 2 aromatic rings. The van der Waals surface area contributed by atoms with Crippen LogP contribution in [0, 0.1) is 20.8 Å². The minimum Gasteiger partial charge on any atom is -0.352 e. The predicted octanol–water partition coefficient (Wildman–Crippen LogP) is 2.51. The Kier molecular flexibility index (Phi) is 5.13. The quantitative estimate of drug-likeness (QED) is 0.931. The molecule has 1 amide bonds. The molecule has 3 rings (SSSR count). The summed E-state index contributed by atoms with van der Waals surface area (Å²) < 4.78 is 0. The Morgan fingerprint density at radius 3 is 2.36 bits per heavy atom. The predicted molar refractivity (Wildman–Crippen MR) is 98.3 cm³/mol. The standard InChI is InChI=1S/C20H26N4O/c1-13-5-7-17(8-6-13)18-10-24(11-19(18)23-16(4)25)12-20-21-14(2)9-15(3)22-20/h5-9,18-19H,10-12H2,1-4H3,(H,23,25)/t18-,19+/m0/s1. The molecule has 1 aromatic carbocycles. The third kappa shape index (κ3) is 4.42. The van der Waals surface area contributed by atoms with Crippen molar-refractivity contribution in [3.8, 4) is 0 Å². The van der Waals surface area contributed by atoms with Crippen molar-refractivity contribution >= 4 is 5.91 Å². The molecule has 0 saturated carbocycles. The molecular formula is C20H26N4O. The fourth-order valence-electron chi connectivity index (χ4n) is 3.64. The molecule has 1 aromatic heterocycles. The number of carbonyl (C=O) groups excluding carboxylic acids is 1. The number of aryl methyl sites for hydroxylation is 3. The minimum absolute atomic E-state index is 0.0200. The van der Waals surface area contributed by atoms with Gasteiger partial charge in [0.2, 0.25) is 5.91 Å². The zero-order valence-electron chi connectivity index (χ0n) is 15.4. The number of hydrogen-bond donors (Lipinski definition) is 1. The van der Waals surface area contributed by atoms with Gasteiger partial charge in [-0.25, -0.2) is 9.97 Å². The minimum atomic E-state index is 0.0200. The van der Waals surface area contributed by atoms with Crippen LogP contribution in [-0.4, -0.2) is 39.9 Å². The third-order valence-corrected chi connectivity index (χ3v) is 4.68. The molecule has 1 N–H and O–H groups in total. The maximum atomic E-state index is 11.6. The van der Waals surface area contributed by atoms with Crippen molar-refractivity contribution in [3.05, 3.63) is 58.7 Å². The number of nitrogens with zero attached hydrogens (tertiary/aromatic N) is 3. The molecule has 2 atom stereocenters. The Hall–Kier alpha value is -2.27. The summed E-state index contributed by atoms with van der Waals surface area (Å²) in [5, 5.41) is 3.12. The average molecular weight is 338 g/mol. The third-order valence-electron chi connectivity index (χ3n) is 4.68. The number of nitrogens with one attached hydrogen (secondary N) is 1. The van der Waals surface area contributed by atoms with Crippen LogP contribution in [0.2, 0.25) is 0 Å². The van der Waals surface area contributed by atoms with Crippen molar-refractivity contribution < 1.29 is 4.79 Å². The van der Waals surface area contributed by atoms with E-state index in [4.69, 9.17) is 0 Å². The molecule has 0 bridgehead atoms. The van der Waals surface area contributed by atoms with E-state index in [9.17, 15) is 4.79 Å². The van der Waals surface area contributed by atoms with Crippen LogP contribution in [0.5, 0.6) is 0 Å². The van der Waals surface area contributed by atoms with Crippen LogP contribution in [0.3, 0.4) is 0 Å². The highest BCUT2D eigenvalue weighted by atomic mass is 16.1. The first-order valence-corrected chi connectivity index (χ1v) is 8.78. The van der Waals surface area contributed by atoms with Gasteiger partial charge in [-0.1, -0.05) is 29.8 Å². The van der Waals surface area contributed by atoms with E-state index in [0.717, 1.165) is 30.3 Å². The second kappa shape index (κ2) is 7.31. The number of aromatic nitrogens is 2. The van der Waals surface area contributed by atoms with E-state index in [1.165, 1.54) is 11.1 Å². The van der Waals surface area contributed by atoms with Crippen LogP contribution >= 0.6 is 0 Å². The van der Waals surface area contributed by atoms with E-state index < -0.39 is 0 Å². The second-order valence-corrected chi connectivity index (χ2v) is 7.09. The van der Waals surface area contributed by atoms with Gasteiger partial charge in [0.1, 0.15) is 5.82 Å². The van der Waals surface area contributed by atoms with Gasteiger partial charge in [0, 0.05) is 43.4 Å². The summed E-state index contributed by atoms with van der Waals surface area (Å²) in [6.07, 6.45) is 0. The van der Waals surface area contributed by atoms with Crippen molar-refractivity contribution in [2.75, 3.05) is 13.1 Å². The molecule has 0 aliphatic carbocycles. The number of benzene rings is 1. The highest BCUT2D eigenvalue weighted by Crippen LogP contribution is 2.28. The first-order valence-electron chi connectivity index (χ1n) is 8.78. The smallest absolute Gasteiger partial charge is 0.217 e. The van der Waals surface area contributed by atoms with Gasteiger partial charge in [-0.05, 0) is 32.4 Å². The fraction of sp³-hybridized carbons (Fsp3) is 0.450. The lowest BCUT2D eigenvalue weighted by molar-refractivity contribution is -0.119. The van der Waals surface area contributed by atoms with E-state index in [-0.39, 0.29) is 17.9 Å². The summed E-state index contributed by atoms with van der Waals surface area (Å²) >= 11 is 0. The lowest BCUT2D eigenvalue weighted by Gasteiger charge is -2.19. The van der Waals surface area contributed by atoms with E-state index in [1.807, 2.05) is 19.9 Å². The molecule has 5 heteroatoms. The maximum absolute atomic E-state index is 11.6. The monoisotopic (exact) mass is 338 g/mol. The first kappa shape index (κ1) is 17.5. The Labute approximate surface area is 149 Å². The summed E-state index contributed by atoms with van der Waals surface area (Å²) in [6.45, 7) is 10.1. The van der Waals surface area contributed by atoms with Gasteiger partial charge < -0.3 is 5.32 Å². The normalized spacial score (nSPS) is 20.6. The average Bonchev–Trinajstić information content (AvgIpc) is 2.88. The molecule has 1 aliphatic heterocycles. The number of rotatable bonds is 4. The van der Waals surface area contributed by atoms with E-state index >= 15 is 0 Å². The number of likely N-dealkylation sites (tertiary alicyclic amines) is 1. The summed E-state index contributed by atoms with van der Waals surface area (Å²) in [7, 11) is 0. The zero-order valence-corrected chi connectivity index (χ0v) is 15.4. The molecule has 1 saturated heterocycles. The lowest BCUT2D eigenvalue weighted by Crippen LogP contribution is -2.38. The number of amides is 1. The molecule has 132 valence electrons. The molecular weight excluding hydrogens is 312 g/mol. The van der Waals surface area contributed by atoms with Crippen molar-refractivity contribution in [2.24, 2.45) is 0 Å². The van der Waals surface area contributed by atoms with Crippen LogP contribution in [0.15, 0.2) is 30.3 Å². The summed E-state index contributed by atoms with van der Waals surface area (Å²) in [6, 6.07) is 10.7. The Morgan fingerprint density at radius 2 is 1.76 bits per heavy atom. The SMILES string of the molecule is CC(=O)N[C@@H]1CN(Cc2nc(C)cc(C)n2)C[C@H]1c1ccc(C)cc1. The van der Waals surface area contributed by atoms with Gasteiger partial charge in [0.05, 0.1) is 6.54 Å². The largest absolute Gasteiger partial charge is 0.352 e. The van der Waals surface area contributed by atoms with Crippen LogP contribution in [-0.2, 0) is 11.3 Å². The topological polar surface area (TPSA) is 58.1 Å². The van der Waals surface area contributed by atoms with Crippen LogP contribution in [0.25, 0.3) is 0 Å². The molecule has 5 nitrogen and oxygen atoms in total. The Bertz CT molecular complexity index is 737. The van der Waals surface area contributed by atoms with Crippen LogP contribution < -0.4 is 5.32 Å². The highest BCUT2D eigenvalue weighted by Gasteiger charge is 2.34. The Balaban J connectivity index is 1.78. The number of hydrogen-bond acceptors (Lipinski definition) is 4. The molecule has 1 fully saturated rings. The van der Waals surface area contributed by atoms with E-state index in [0.29, 0.717) is 6.54 Å². The maximum Gasteiger partial charge on any atom is 0.217 e. The number of carbonyl (C=O) groups is 1. The van der Waals surface area contributed by atoms with Gasteiger partial charge in [-0.15, -0.1) is 0 Å². The van der Waals surface area contributed by atoms with Gasteiger partial charge in [-0.3, -0.25) is 9.69 Å². The van der Waals surface area contributed by atoms with Crippen molar-refractivity contribution in [1.82, 2.24) is 20.2 Å². The van der Waals surface area contributed by atoms with Crippen LogP contribution in [0.1, 0.15) is 41.2 Å². The zero-order chi connectivity index (χ0) is 18.0. The van der Waals surface area contributed by atoms with Gasteiger partial charge in [0.15, 0.2) is 0 Å². The lowest BCUT2D eigenvalue weighted by atomic mass is 9.93. The van der Waals surface area contributed by atoms with Gasteiger partial charge >= 0.3 is 0 Å². The summed E-state index contributed by atoms with van der Waals surface area (Å²) in [5.41, 5.74) is 4.51. The van der Waals surface area contributed by atoms with Crippen molar-refractivity contribution in [2.45, 2.75) is 46.2 Å². The molecule has 1 aliphatic rings. The van der Waals surface area contributed by atoms with Crippen molar-refractivity contribution in [1.29, 1.82) is 0 Å².